The molecule has 0 fully saturated rings. The molecule has 0 atom stereocenters. The molecule has 0 aliphatic rings. The van der Waals surface area contributed by atoms with Crippen LogP contribution in [0.1, 0.15) is 27.0 Å². The molecule has 7 nitrogen and oxygen atoms in total. The minimum Gasteiger partial charge on any atom is -0.483 e. The number of carbonyl (C=O) groups excluding carboxylic acids is 2. The van der Waals surface area contributed by atoms with Crippen molar-refractivity contribution < 1.29 is 22.7 Å². The molecule has 0 saturated carbocycles. The van der Waals surface area contributed by atoms with Crippen LogP contribution in [0.3, 0.4) is 0 Å². The fourth-order valence-corrected chi connectivity index (χ4v) is 4.01. The van der Waals surface area contributed by atoms with Crippen molar-refractivity contribution in [3.8, 4) is 5.75 Å². The first-order valence-corrected chi connectivity index (χ1v) is 11.9. The van der Waals surface area contributed by atoms with Gasteiger partial charge in [-0.3, -0.25) is 9.59 Å². The third-order valence-corrected chi connectivity index (χ3v) is 6.03. The predicted molar refractivity (Wildman–Crippen MR) is 125 cm³/mol. The van der Waals surface area contributed by atoms with Gasteiger partial charge in [-0.25, -0.2) is 13.6 Å². The lowest BCUT2D eigenvalue weighted by Gasteiger charge is -2.13. The fourth-order valence-electron chi connectivity index (χ4n) is 3.02. The van der Waals surface area contributed by atoms with Crippen molar-refractivity contribution in [3.63, 3.8) is 0 Å². The summed E-state index contributed by atoms with van der Waals surface area (Å²) >= 11 is 3.36. The Morgan fingerprint density at radius 2 is 1.78 bits per heavy atom. The van der Waals surface area contributed by atoms with E-state index in [2.05, 4.69) is 21.2 Å². The maximum atomic E-state index is 13.0. The Bertz CT molecular complexity index is 1310. The first-order chi connectivity index (χ1) is 15.0. The first-order valence-electron chi connectivity index (χ1n) is 9.51. The number of sulfonamides is 1. The van der Waals surface area contributed by atoms with Crippen LogP contribution in [0, 0.1) is 13.8 Å². The second-order valence-corrected chi connectivity index (χ2v) is 9.67. The summed E-state index contributed by atoms with van der Waals surface area (Å²) in [6.07, 6.45) is 0. The average molecular weight is 517 g/mol. The topological polar surface area (TPSA) is 116 Å². The number of nitrogens with two attached hydrogens (primary N) is 1. The van der Waals surface area contributed by atoms with E-state index < -0.39 is 15.9 Å². The number of hydrogen-bond acceptors (Lipinski definition) is 5. The van der Waals surface area contributed by atoms with Gasteiger partial charge in [-0.15, -0.1) is 0 Å². The Morgan fingerprint density at radius 3 is 2.44 bits per heavy atom. The molecule has 0 aliphatic carbocycles. The minimum atomic E-state index is -3.83. The molecule has 166 valence electrons. The number of anilines is 1. The van der Waals surface area contributed by atoms with Crippen molar-refractivity contribution in [1.82, 2.24) is 0 Å². The Labute approximate surface area is 194 Å². The maximum Gasteiger partial charge on any atom is 0.262 e. The molecule has 0 aliphatic heterocycles. The summed E-state index contributed by atoms with van der Waals surface area (Å²) in [4.78, 5) is 25.4. The average Bonchev–Trinajstić information content (AvgIpc) is 2.73. The van der Waals surface area contributed by atoms with Gasteiger partial charge in [0, 0.05) is 15.7 Å². The van der Waals surface area contributed by atoms with E-state index in [0.717, 1.165) is 10.0 Å². The van der Waals surface area contributed by atoms with Gasteiger partial charge in [-0.05, 0) is 61.9 Å². The zero-order valence-corrected chi connectivity index (χ0v) is 19.8. The number of ether oxygens (including phenoxy) is 1. The van der Waals surface area contributed by atoms with E-state index in [1.807, 2.05) is 13.0 Å². The molecule has 0 heterocycles. The number of benzene rings is 3. The van der Waals surface area contributed by atoms with E-state index in [0.29, 0.717) is 22.4 Å². The van der Waals surface area contributed by atoms with Gasteiger partial charge in [-0.2, -0.15) is 0 Å². The highest BCUT2D eigenvalue weighted by atomic mass is 79.9. The molecule has 0 radical (unpaired) electrons. The van der Waals surface area contributed by atoms with Gasteiger partial charge in [0.2, 0.25) is 10.0 Å². The van der Waals surface area contributed by atoms with Crippen molar-refractivity contribution in [2.75, 3.05) is 11.9 Å². The summed E-state index contributed by atoms with van der Waals surface area (Å²) in [5.74, 6) is -0.394. The smallest absolute Gasteiger partial charge is 0.262 e. The monoisotopic (exact) mass is 516 g/mol. The lowest BCUT2D eigenvalue weighted by Crippen LogP contribution is -2.21. The Kier molecular flexibility index (Phi) is 7.12. The van der Waals surface area contributed by atoms with Crippen LogP contribution in [0.25, 0.3) is 0 Å². The van der Waals surface area contributed by atoms with E-state index in [1.165, 1.54) is 18.2 Å². The van der Waals surface area contributed by atoms with Crippen LogP contribution in [0.5, 0.6) is 5.75 Å². The minimum absolute atomic E-state index is 0.0420. The molecule has 32 heavy (non-hydrogen) atoms. The number of ketones is 1. The largest absolute Gasteiger partial charge is 0.483 e. The predicted octanol–water partition coefficient (Wildman–Crippen LogP) is 3.96. The zero-order valence-electron chi connectivity index (χ0n) is 17.4. The fraction of sp³-hybridized carbons (Fsp3) is 0.130. The normalized spacial score (nSPS) is 11.1. The second-order valence-electron chi connectivity index (χ2n) is 7.20. The van der Waals surface area contributed by atoms with Crippen LogP contribution in [0.4, 0.5) is 5.69 Å². The summed E-state index contributed by atoms with van der Waals surface area (Å²) in [5.41, 5.74) is 2.69. The van der Waals surface area contributed by atoms with Crippen molar-refractivity contribution in [3.05, 3.63) is 87.4 Å². The molecule has 9 heteroatoms. The summed E-state index contributed by atoms with van der Waals surface area (Å²) in [6.45, 7) is 3.18. The Morgan fingerprint density at radius 1 is 1.03 bits per heavy atom. The molecule has 3 aromatic rings. The van der Waals surface area contributed by atoms with E-state index in [9.17, 15) is 18.0 Å². The van der Waals surface area contributed by atoms with Gasteiger partial charge in [0.05, 0.1) is 10.5 Å². The maximum absolute atomic E-state index is 13.0. The number of amides is 1. The number of nitrogens with one attached hydrogen (secondary N) is 1. The van der Waals surface area contributed by atoms with Gasteiger partial charge >= 0.3 is 0 Å². The van der Waals surface area contributed by atoms with Crippen LogP contribution in [-0.2, 0) is 14.8 Å². The third-order valence-electron chi connectivity index (χ3n) is 4.63. The standard InChI is InChI=1S/C23H21BrN2O5S/c1-14-6-9-21(19(10-14)23(28)16-4-3-5-17(24)12-16)31-13-22(27)26-20-8-7-18(11-15(20)2)32(25,29)30/h3-12H,13H2,1-2H3,(H,26,27)(H2,25,29,30). The molecule has 0 saturated heterocycles. The van der Waals surface area contributed by atoms with Crippen LogP contribution in [0.15, 0.2) is 70.0 Å². The number of aryl methyl sites for hydroxylation is 2. The lowest BCUT2D eigenvalue weighted by atomic mass is 10.0. The van der Waals surface area contributed by atoms with E-state index in [4.69, 9.17) is 9.88 Å². The highest BCUT2D eigenvalue weighted by Crippen LogP contribution is 2.25. The molecule has 0 unspecified atom stereocenters. The number of hydrogen-bond donors (Lipinski definition) is 2. The second kappa shape index (κ2) is 9.64. The van der Waals surface area contributed by atoms with E-state index >= 15 is 0 Å². The highest BCUT2D eigenvalue weighted by molar-refractivity contribution is 9.10. The molecule has 3 rings (SSSR count). The summed E-state index contributed by atoms with van der Waals surface area (Å²) in [5, 5.41) is 7.79. The molecule has 0 aromatic heterocycles. The molecule has 1 amide bonds. The van der Waals surface area contributed by atoms with Gasteiger partial charge in [0.15, 0.2) is 12.4 Å². The molecular formula is C23H21BrN2O5S. The molecule has 3 aromatic carbocycles. The number of rotatable bonds is 7. The summed E-state index contributed by atoms with van der Waals surface area (Å²) in [7, 11) is -3.83. The number of primary sulfonamides is 1. The van der Waals surface area contributed by atoms with Crippen LogP contribution >= 0.6 is 15.9 Å². The van der Waals surface area contributed by atoms with Crippen molar-refractivity contribution in [2.45, 2.75) is 18.7 Å². The van der Waals surface area contributed by atoms with Gasteiger partial charge in [0.1, 0.15) is 5.75 Å². The summed E-state index contributed by atoms with van der Waals surface area (Å²) < 4.78 is 29.3. The van der Waals surface area contributed by atoms with Crippen molar-refractivity contribution in [1.29, 1.82) is 0 Å². The molecule has 3 N–H and O–H groups in total. The van der Waals surface area contributed by atoms with Crippen LogP contribution in [-0.4, -0.2) is 26.7 Å². The Hall–Kier alpha value is -3.01. The SMILES string of the molecule is Cc1ccc(OCC(=O)Nc2ccc(S(N)(=O)=O)cc2C)c(C(=O)c2cccc(Br)c2)c1. The van der Waals surface area contributed by atoms with Gasteiger partial charge < -0.3 is 10.1 Å². The number of halogens is 1. The van der Waals surface area contributed by atoms with Gasteiger partial charge in [0.25, 0.3) is 5.91 Å². The first kappa shape index (κ1) is 23.6. The van der Waals surface area contributed by atoms with Crippen LogP contribution < -0.4 is 15.2 Å². The van der Waals surface area contributed by atoms with E-state index in [1.54, 1.807) is 43.3 Å². The quantitative estimate of drug-likeness (QED) is 0.461. The van der Waals surface area contributed by atoms with Crippen LogP contribution in [0.2, 0.25) is 0 Å². The molecular weight excluding hydrogens is 496 g/mol. The lowest BCUT2D eigenvalue weighted by molar-refractivity contribution is -0.118. The van der Waals surface area contributed by atoms with Gasteiger partial charge in [-0.1, -0.05) is 39.7 Å². The van der Waals surface area contributed by atoms with Crippen molar-refractivity contribution in [2.24, 2.45) is 5.14 Å². The van der Waals surface area contributed by atoms with Crippen molar-refractivity contribution >= 4 is 43.3 Å². The summed E-state index contributed by atoms with van der Waals surface area (Å²) in [6, 6.07) is 16.3. The third kappa shape index (κ3) is 5.82. The molecule has 0 spiro atoms. The number of carbonyl (C=O) groups is 2. The highest BCUT2D eigenvalue weighted by Gasteiger charge is 2.17. The molecule has 0 bridgehead atoms. The van der Waals surface area contributed by atoms with E-state index in [-0.39, 0.29) is 23.0 Å². The zero-order chi connectivity index (χ0) is 23.5. The Balaban J connectivity index is 1.75.